The highest BCUT2D eigenvalue weighted by atomic mass is 35.5. The lowest BCUT2D eigenvalue weighted by Gasteiger charge is -2.37. The highest BCUT2D eigenvalue weighted by Gasteiger charge is 2.41. The average molecular weight is 499 g/mol. The summed E-state index contributed by atoms with van der Waals surface area (Å²) in [6.07, 6.45) is 0.469. The maximum Gasteiger partial charge on any atom is 0.269 e. The second-order valence-corrected chi connectivity index (χ2v) is 8.73. The monoisotopic (exact) mass is 498 g/mol. The number of ether oxygens (including phenoxy) is 2. The molecule has 0 radical (unpaired) electrons. The Hall–Kier alpha value is -3.49. The fourth-order valence-corrected chi connectivity index (χ4v) is 4.92. The second-order valence-electron chi connectivity index (χ2n) is 7.89. The number of hydrogen-bond donors (Lipinski definition) is 0. The van der Waals surface area contributed by atoms with Crippen LogP contribution in [-0.4, -0.2) is 36.4 Å². The molecule has 0 saturated heterocycles. The molecule has 0 spiro atoms. The quantitative estimate of drug-likeness (QED) is 0.333. The van der Waals surface area contributed by atoms with Gasteiger partial charge >= 0.3 is 0 Å². The third kappa shape index (κ3) is 3.69. The molecule has 2 heterocycles. The number of hydrogen-bond acceptors (Lipinski definition) is 7. The largest absolute Gasteiger partial charge is 0.493 e. The number of amidine groups is 1. The van der Waals surface area contributed by atoms with Crippen LogP contribution in [0.4, 0.5) is 11.4 Å². The Morgan fingerprint density at radius 2 is 1.74 bits per heavy atom. The summed E-state index contributed by atoms with van der Waals surface area (Å²) in [4.78, 5) is 12.9. The second kappa shape index (κ2) is 8.70. The molecule has 0 aromatic heterocycles. The normalized spacial score (nSPS) is 16.6. The van der Waals surface area contributed by atoms with Crippen LogP contribution in [0.3, 0.4) is 0 Å². The zero-order valence-corrected chi connectivity index (χ0v) is 19.9. The van der Waals surface area contributed by atoms with Gasteiger partial charge < -0.3 is 14.4 Å². The number of fused-ring (bicyclic) bond motifs is 3. The van der Waals surface area contributed by atoms with Gasteiger partial charge in [-0.05, 0) is 54.4 Å². The molecule has 0 fully saturated rings. The molecule has 2 aliphatic rings. The van der Waals surface area contributed by atoms with E-state index in [1.165, 1.54) is 12.1 Å². The summed E-state index contributed by atoms with van der Waals surface area (Å²) in [7, 11) is 3.21. The van der Waals surface area contributed by atoms with Crippen LogP contribution < -0.4 is 14.5 Å². The number of methoxy groups -OCH3 is 2. The third-order valence-electron chi connectivity index (χ3n) is 6.04. The lowest BCUT2D eigenvalue weighted by molar-refractivity contribution is -0.384. The summed E-state index contributed by atoms with van der Waals surface area (Å²) >= 11 is 12.7. The zero-order valence-electron chi connectivity index (χ0n) is 18.4. The van der Waals surface area contributed by atoms with Gasteiger partial charge in [-0.15, -0.1) is 0 Å². The van der Waals surface area contributed by atoms with Crippen LogP contribution in [-0.2, 0) is 6.42 Å². The Balaban J connectivity index is 1.66. The van der Waals surface area contributed by atoms with Crippen LogP contribution in [0, 0.1) is 10.1 Å². The number of rotatable bonds is 5. The predicted octanol–water partition coefficient (Wildman–Crippen LogP) is 5.66. The van der Waals surface area contributed by atoms with Gasteiger partial charge in [0, 0.05) is 34.8 Å². The number of non-ortho nitro benzene ring substituents is 1. The summed E-state index contributed by atoms with van der Waals surface area (Å²) in [5, 5.41) is 19.0. The minimum atomic E-state index is -0.421. The summed E-state index contributed by atoms with van der Waals surface area (Å²) in [5.74, 6) is 1.98. The minimum Gasteiger partial charge on any atom is -0.493 e. The molecule has 5 rings (SSSR count). The van der Waals surface area contributed by atoms with Crippen LogP contribution in [0.25, 0.3) is 0 Å². The SMILES string of the molecule is COc1cc2c(cc1OC)[C@H]1N(CC2)C(c2ccc(Cl)cc2Cl)=NN1c1ccc([N+](=O)[O-])cc1. The Kier molecular flexibility index (Phi) is 5.71. The molecular weight excluding hydrogens is 479 g/mol. The number of hydrazone groups is 1. The molecule has 0 unspecified atom stereocenters. The molecule has 34 heavy (non-hydrogen) atoms. The first-order chi connectivity index (χ1) is 16.4. The topological polar surface area (TPSA) is 80.4 Å². The summed E-state index contributed by atoms with van der Waals surface area (Å²) in [5.41, 5.74) is 3.60. The van der Waals surface area contributed by atoms with Crippen molar-refractivity contribution < 1.29 is 14.4 Å². The van der Waals surface area contributed by atoms with Crippen molar-refractivity contribution in [2.24, 2.45) is 5.10 Å². The first kappa shape index (κ1) is 22.3. The van der Waals surface area contributed by atoms with Gasteiger partial charge in [0.05, 0.1) is 29.9 Å². The number of benzene rings is 3. The van der Waals surface area contributed by atoms with Gasteiger partial charge in [-0.3, -0.25) is 10.1 Å². The van der Waals surface area contributed by atoms with E-state index in [9.17, 15) is 10.1 Å². The summed E-state index contributed by atoms with van der Waals surface area (Å²) in [6, 6.07) is 15.6. The van der Waals surface area contributed by atoms with E-state index in [-0.39, 0.29) is 11.9 Å². The van der Waals surface area contributed by atoms with Crippen LogP contribution in [0.15, 0.2) is 59.7 Å². The molecule has 0 N–H and O–H groups in total. The van der Waals surface area contributed by atoms with Gasteiger partial charge in [0.1, 0.15) is 0 Å². The maximum absolute atomic E-state index is 11.2. The van der Waals surface area contributed by atoms with E-state index < -0.39 is 4.92 Å². The highest BCUT2D eigenvalue weighted by molar-refractivity contribution is 6.37. The number of nitro benzene ring substituents is 1. The van der Waals surface area contributed by atoms with Crippen molar-refractivity contribution in [3.8, 4) is 11.5 Å². The van der Waals surface area contributed by atoms with E-state index in [0.29, 0.717) is 39.6 Å². The molecule has 8 nitrogen and oxygen atoms in total. The van der Waals surface area contributed by atoms with Crippen molar-refractivity contribution in [2.75, 3.05) is 25.8 Å². The van der Waals surface area contributed by atoms with Crippen LogP contribution in [0.2, 0.25) is 10.0 Å². The van der Waals surface area contributed by atoms with Gasteiger partial charge in [-0.25, -0.2) is 5.01 Å². The van der Waals surface area contributed by atoms with E-state index >= 15 is 0 Å². The molecule has 174 valence electrons. The van der Waals surface area contributed by atoms with Gasteiger partial charge in [-0.2, -0.15) is 5.10 Å². The van der Waals surface area contributed by atoms with E-state index in [1.54, 1.807) is 38.5 Å². The van der Waals surface area contributed by atoms with E-state index in [4.69, 9.17) is 37.8 Å². The molecule has 3 aromatic carbocycles. The Bertz CT molecular complexity index is 1310. The van der Waals surface area contributed by atoms with Gasteiger partial charge in [-0.1, -0.05) is 23.2 Å². The van der Waals surface area contributed by atoms with Crippen molar-refractivity contribution in [2.45, 2.75) is 12.6 Å². The highest BCUT2D eigenvalue weighted by Crippen LogP contribution is 2.45. The molecule has 0 bridgehead atoms. The van der Waals surface area contributed by atoms with E-state index in [1.807, 2.05) is 23.2 Å². The molecule has 3 aromatic rings. The zero-order chi connectivity index (χ0) is 24.0. The number of halogens is 2. The van der Waals surface area contributed by atoms with E-state index in [2.05, 4.69) is 4.90 Å². The maximum atomic E-state index is 11.2. The van der Waals surface area contributed by atoms with Crippen LogP contribution in [0.1, 0.15) is 22.9 Å². The lowest BCUT2D eigenvalue weighted by atomic mass is 9.95. The summed E-state index contributed by atoms with van der Waals surface area (Å²) < 4.78 is 11.1. The fourth-order valence-electron chi connectivity index (χ4n) is 4.43. The Morgan fingerprint density at radius 3 is 2.38 bits per heavy atom. The minimum absolute atomic E-state index is 0.0141. The van der Waals surface area contributed by atoms with Gasteiger partial charge in [0.25, 0.3) is 5.69 Å². The first-order valence-corrected chi connectivity index (χ1v) is 11.3. The van der Waals surface area contributed by atoms with Crippen molar-refractivity contribution in [3.05, 3.63) is 91.4 Å². The van der Waals surface area contributed by atoms with Crippen molar-refractivity contribution in [1.29, 1.82) is 0 Å². The molecule has 2 aliphatic heterocycles. The standard InChI is InChI=1S/C24H20Cl2N4O4/c1-33-21-11-14-9-10-28-23(18-8-3-15(25)12-20(18)26)27-29(24(28)19(14)13-22(21)34-2)16-4-6-17(7-5-16)30(31)32/h3-8,11-13,24H,9-10H2,1-2H3/t24-/m0/s1. The van der Waals surface area contributed by atoms with Crippen LogP contribution >= 0.6 is 23.2 Å². The Morgan fingerprint density at radius 1 is 1.03 bits per heavy atom. The first-order valence-electron chi connectivity index (χ1n) is 10.5. The number of nitro groups is 1. The molecule has 10 heteroatoms. The lowest BCUT2D eigenvalue weighted by Crippen LogP contribution is -2.40. The molecular formula is C24H20Cl2N4O4. The van der Waals surface area contributed by atoms with Crippen molar-refractivity contribution in [3.63, 3.8) is 0 Å². The number of anilines is 1. The number of nitrogens with zero attached hydrogens (tertiary/aromatic N) is 4. The Labute approximate surface area is 206 Å². The molecule has 0 amide bonds. The van der Waals surface area contributed by atoms with Crippen LogP contribution in [0.5, 0.6) is 11.5 Å². The van der Waals surface area contributed by atoms with Gasteiger partial charge in [0.15, 0.2) is 23.5 Å². The predicted molar refractivity (Wildman–Crippen MR) is 131 cm³/mol. The molecule has 0 aliphatic carbocycles. The van der Waals surface area contributed by atoms with E-state index in [0.717, 1.165) is 23.1 Å². The fraction of sp³-hybridized carbons (Fsp3) is 0.208. The molecule has 1 atom stereocenters. The third-order valence-corrected chi connectivity index (χ3v) is 6.59. The summed E-state index contributed by atoms with van der Waals surface area (Å²) in [6.45, 7) is 0.689. The average Bonchev–Trinajstić information content (AvgIpc) is 3.23. The molecule has 0 saturated carbocycles. The van der Waals surface area contributed by atoms with Crippen molar-refractivity contribution >= 4 is 40.4 Å². The smallest absolute Gasteiger partial charge is 0.269 e. The van der Waals surface area contributed by atoms with Crippen molar-refractivity contribution in [1.82, 2.24) is 4.90 Å². The van der Waals surface area contributed by atoms with Gasteiger partial charge in [0.2, 0.25) is 0 Å².